The standard InChI is InChI=1S/C11H9BrClNS/c12-8-1-2-9(10(13)5-8)11(14)7-3-4-15-6-7/h1-6,11H,14H2. The van der Waals surface area contributed by atoms with Crippen LogP contribution >= 0.6 is 38.9 Å². The van der Waals surface area contributed by atoms with Gasteiger partial charge in [-0.1, -0.05) is 33.6 Å². The van der Waals surface area contributed by atoms with Gasteiger partial charge < -0.3 is 5.73 Å². The van der Waals surface area contributed by atoms with E-state index in [0.717, 1.165) is 15.6 Å². The molecule has 15 heavy (non-hydrogen) atoms. The molecule has 1 unspecified atom stereocenters. The van der Waals surface area contributed by atoms with Gasteiger partial charge in [0.25, 0.3) is 0 Å². The van der Waals surface area contributed by atoms with Crippen molar-refractivity contribution in [3.05, 3.63) is 55.6 Å². The first-order chi connectivity index (χ1) is 7.18. The molecular weight excluding hydrogens is 294 g/mol. The van der Waals surface area contributed by atoms with Gasteiger partial charge in [-0.15, -0.1) is 0 Å². The van der Waals surface area contributed by atoms with Crippen molar-refractivity contribution >= 4 is 38.9 Å². The summed E-state index contributed by atoms with van der Waals surface area (Å²) in [5, 5.41) is 4.76. The van der Waals surface area contributed by atoms with Crippen LogP contribution in [0.25, 0.3) is 0 Å². The summed E-state index contributed by atoms with van der Waals surface area (Å²) in [6.45, 7) is 0. The molecule has 1 atom stereocenters. The van der Waals surface area contributed by atoms with Crippen LogP contribution in [-0.4, -0.2) is 0 Å². The second-order valence-electron chi connectivity index (χ2n) is 3.20. The Bertz CT molecular complexity index is 456. The first-order valence-electron chi connectivity index (χ1n) is 4.41. The molecule has 1 aromatic carbocycles. The molecule has 0 radical (unpaired) electrons. The highest BCUT2D eigenvalue weighted by molar-refractivity contribution is 9.10. The van der Waals surface area contributed by atoms with Crippen LogP contribution in [0.4, 0.5) is 0 Å². The summed E-state index contributed by atoms with van der Waals surface area (Å²) in [7, 11) is 0. The lowest BCUT2D eigenvalue weighted by Crippen LogP contribution is -2.11. The Morgan fingerprint density at radius 3 is 2.73 bits per heavy atom. The van der Waals surface area contributed by atoms with E-state index < -0.39 is 0 Å². The molecule has 2 aromatic rings. The number of halogens is 2. The highest BCUT2D eigenvalue weighted by Gasteiger charge is 2.12. The van der Waals surface area contributed by atoms with Crippen LogP contribution in [-0.2, 0) is 0 Å². The fraction of sp³-hybridized carbons (Fsp3) is 0.0909. The molecule has 0 amide bonds. The van der Waals surface area contributed by atoms with E-state index in [2.05, 4.69) is 15.9 Å². The number of hydrogen-bond donors (Lipinski definition) is 1. The van der Waals surface area contributed by atoms with Crippen molar-refractivity contribution in [3.63, 3.8) is 0 Å². The fourth-order valence-corrected chi connectivity index (χ4v) is 2.87. The molecule has 0 aliphatic heterocycles. The zero-order valence-electron chi connectivity index (χ0n) is 7.78. The van der Waals surface area contributed by atoms with Gasteiger partial charge in [0.1, 0.15) is 0 Å². The first kappa shape index (κ1) is 11.1. The molecule has 0 aliphatic carbocycles. The summed E-state index contributed by atoms with van der Waals surface area (Å²) in [4.78, 5) is 0. The average Bonchev–Trinajstić information content (AvgIpc) is 2.69. The van der Waals surface area contributed by atoms with Gasteiger partial charge >= 0.3 is 0 Å². The fourth-order valence-electron chi connectivity index (χ4n) is 1.39. The third-order valence-corrected chi connectivity index (χ3v) is 3.72. The summed E-state index contributed by atoms with van der Waals surface area (Å²) < 4.78 is 0.966. The Morgan fingerprint density at radius 2 is 2.13 bits per heavy atom. The van der Waals surface area contributed by atoms with Gasteiger partial charge in [-0.05, 0) is 40.1 Å². The number of nitrogens with two attached hydrogens (primary N) is 1. The molecule has 0 spiro atoms. The second kappa shape index (κ2) is 4.66. The Hall–Kier alpha value is -0.350. The average molecular weight is 303 g/mol. The molecule has 0 bridgehead atoms. The highest BCUT2D eigenvalue weighted by atomic mass is 79.9. The van der Waals surface area contributed by atoms with Crippen molar-refractivity contribution in [2.24, 2.45) is 5.73 Å². The Kier molecular flexibility index (Phi) is 3.46. The lowest BCUT2D eigenvalue weighted by molar-refractivity contribution is 0.877. The predicted octanol–water partition coefficient (Wildman–Crippen LogP) is 4.21. The van der Waals surface area contributed by atoms with Gasteiger partial charge in [-0.25, -0.2) is 0 Å². The van der Waals surface area contributed by atoms with Gasteiger partial charge in [-0.2, -0.15) is 11.3 Å². The van der Waals surface area contributed by atoms with E-state index in [4.69, 9.17) is 17.3 Å². The minimum atomic E-state index is -0.142. The summed E-state index contributed by atoms with van der Waals surface area (Å²) in [5.41, 5.74) is 8.18. The molecule has 0 fully saturated rings. The number of thiophene rings is 1. The van der Waals surface area contributed by atoms with Crippen LogP contribution in [0.1, 0.15) is 17.2 Å². The largest absolute Gasteiger partial charge is 0.320 e. The lowest BCUT2D eigenvalue weighted by atomic mass is 10.0. The van der Waals surface area contributed by atoms with Gasteiger partial charge in [0.15, 0.2) is 0 Å². The molecule has 0 saturated heterocycles. The van der Waals surface area contributed by atoms with Gasteiger partial charge in [0.05, 0.1) is 6.04 Å². The summed E-state index contributed by atoms with van der Waals surface area (Å²) in [5.74, 6) is 0. The molecular formula is C11H9BrClNS. The maximum atomic E-state index is 6.13. The normalized spacial score (nSPS) is 12.7. The van der Waals surface area contributed by atoms with Gasteiger partial charge in [0.2, 0.25) is 0 Å². The smallest absolute Gasteiger partial charge is 0.0574 e. The Balaban J connectivity index is 2.38. The molecule has 1 heterocycles. The minimum Gasteiger partial charge on any atom is -0.320 e. The van der Waals surface area contributed by atoms with Crippen LogP contribution in [0, 0.1) is 0 Å². The van der Waals surface area contributed by atoms with E-state index in [9.17, 15) is 0 Å². The summed E-state index contributed by atoms with van der Waals surface area (Å²) in [6.07, 6.45) is 0. The Labute approximate surface area is 106 Å². The molecule has 1 nitrogen and oxygen atoms in total. The van der Waals surface area contributed by atoms with Crippen molar-refractivity contribution in [2.75, 3.05) is 0 Å². The van der Waals surface area contributed by atoms with Crippen LogP contribution in [0.3, 0.4) is 0 Å². The van der Waals surface area contributed by atoms with Crippen LogP contribution in [0.5, 0.6) is 0 Å². The maximum absolute atomic E-state index is 6.13. The van der Waals surface area contributed by atoms with E-state index >= 15 is 0 Å². The summed E-state index contributed by atoms with van der Waals surface area (Å²) >= 11 is 11.1. The highest BCUT2D eigenvalue weighted by Crippen LogP contribution is 2.29. The van der Waals surface area contributed by atoms with Gasteiger partial charge in [0, 0.05) is 9.50 Å². The van der Waals surface area contributed by atoms with Crippen molar-refractivity contribution in [2.45, 2.75) is 6.04 Å². The third kappa shape index (κ3) is 2.42. The van der Waals surface area contributed by atoms with Crippen molar-refractivity contribution in [1.29, 1.82) is 0 Å². The van der Waals surface area contributed by atoms with E-state index in [-0.39, 0.29) is 6.04 Å². The SMILES string of the molecule is NC(c1ccsc1)c1ccc(Br)cc1Cl. The molecule has 1 aromatic heterocycles. The van der Waals surface area contributed by atoms with Crippen LogP contribution < -0.4 is 5.73 Å². The van der Waals surface area contributed by atoms with Crippen LogP contribution in [0.2, 0.25) is 5.02 Å². The lowest BCUT2D eigenvalue weighted by Gasteiger charge is -2.12. The van der Waals surface area contributed by atoms with Crippen molar-refractivity contribution < 1.29 is 0 Å². The maximum Gasteiger partial charge on any atom is 0.0574 e. The van der Waals surface area contributed by atoms with Crippen LogP contribution in [0.15, 0.2) is 39.5 Å². The third-order valence-electron chi connectivity index (χ3n) is 2.20. The molecule has 2 rings (SSSR count). The predicted molar refractivity (Wildman–Crippen MR) is 69.5 cm³/mol. The van der Waals surface area contributed by atoms with E-state index in [1.54, 1.807) is 11.3 Å². The molecule has 4 heteroatoms. The minimum absolute atomic E-state index is 0.142. The zero-order valence-corrected chi connectivity index (χ0v) is 10.9. The van der Waals surface area contributed by atoms with Gasteiger partial charge in [-0.3, -0.25) is 0 Å². The van der Waals surface area contributed by atoms with E-state index in [1.165, 1.54) is 0 Å². The molecule has 78 valence electrons. The monoisotopic (exact) mass is 301 g/mol. The quantitative estimate of drug-likeness (QED) is 0.883. The summed E-state index contributed by atoms with van der Waals surface area (Å²) in [6, 6.07) is 7.65. The van der Waals surface area contributed by atoms with Crippen molar-refractivity contribution in [3.8, 4) is 0 Å². The second-order valence-corrected chi connectivity index (χ2v) is 5.30. The first-order valence-corrected chi connectivity index (χ1v) is 6.52. The molecule has 0 saturated carbocycles. The zero-order chi connectivity index (χ0) is 10.8. The van der Waals surface area contributed by atoms with E-state index in [1.807, 2.05) is 35.0 Å². The topological polar surface area (TPSA) is 26.0 Å². The van der Waals surface area contributed by atoms with Crippen molar-refractivity contribution in [1.82, 2.24) is 0 Å². The molecule has 0 aliphatic rings. The van der Waals surface area contributed by atoms with E-state index in [0.29, 0.717) is 5.02 Å². The molecule has 2 N–H and O–H groups in total. The number of benzene rings is 1. The number of hydrogen-bond acceptors (Lipinski definition) is 2. The number of rotatable bonds is 2. The Morgan fingerprint density at radius 1 is 1.33 bits per heavy atom.